The number of urea groups is 1. The highest BCUT2D eigenvalue weighted by atomic mass is 35.5. The predicted molar refractivity (Wildman–Crippen MR) is 96.9 cm³/mol. The molecule has 0 bridgehead atoms. The molecule has 0 spiro atoms. The fourth-order valence-electron chi connectivity index (χ4n) is 2.79. The lowest BCUT2D eigenvalue weighted by Crippen LogP contribution is -2.31. The Bertz CT molecular complexity index is 921. The summed E-state index contributed by atoms with van der Waals surface area (Å²) in [4.78, 5) is 23.7. The van der Waals surface area contributed by atoms with Crippen molar-refractivity contribution in [3.63, 3.8) is 0 Å². The summed E-state index contributed by atoms with van der Waals surface area (Å²) in [6, 6.07) is 6.13. The van der Waals surface area contributed by atoms with Crippen molar-refractivity contribution in [3.05, 3.63) is 58.6 Å². The Kier molecular flexibility index (Phi) is 4.93. The number of rotatable bonds is 3. The Hall–Kier alpha value is -2.87. The zero-order chi connectivity index (χ0) is 19.8. The van der Waals surface area contributed by atoms with E-state index in [0.717, 1.165) is 12.1 Å². The van der Waals surface area contributed by atoms with Gasteiger partial charge in [-0.2, -0.15) is 0 Å². The van der Waals surface area contributed by atoms with Crippen LogP contribution in [0, 0.1) is 11.6 Å². The topological polar surface area (TPSA) is 79.5 Å². The van der Waals surface area contributed by atoms with Crippen molar-refractivity contribution in [2.24, 2.45) is 0 Å². The van der Waals surface area contributed by atoms with Crippen molar-refractivity contribution < 1.29 is 23.1 Å². The maximum absolute atomic E-state index is 14.3. The molecule has 1 aliphatic heterocycles. The lowest BCUT2D eigenvalue weighted by atomic mass is 9.92. The van der Waals surface area contributed by atoms with Crippen LogP contribution in [0.25, 0.3) is 0 Å². The fourth-order valence-corrected chi connectivity index (χ4v) is 3.00. The number of carbonyl (C=O) groups excluding carboxylic acids is 2. The molecular formula is C18H16ClF2N3O3. The van der Waals surface area contributed by atoms with Crippen molar-refractivity contribution in [2.75, 3.05) is 10.6 Å². The smallest absolute Gasteiger partial charge is 0.408 e. The monoisotopic (exact) mass is 395 g/mol. The molecule has 3 rings (SSSR count). The Labute approximate surface area is 158 Å². The Morgan fingerprint density at radius 3 is 2.56 bits per heavy atom. The molecule has 1 atom stereocenters. The van der Waals surface area contributed by atoms with E-state index in [-0.39, 0.29) is 16.3 Å². The van der Waals surface area contributed by atoms with Gasteiger partial charge in [-0.25, -0.2) is 18.4 Å². The maximum atomic E-state index is 14.3. The number of ether oxygens (including phenoxy) is 1. The number of halogens is 3. The van der Waals surface area contributed by atoms with E-state index in [9.17, 15) is 18.4 Å². The van der Waals surface area contributed by atoms with E-state index >= 15 is 0 Å². The Morgan fingerprint density at radius 2 is 1.93 bits per heavy atom. The minimum absolute atomic E-state index is 0.0394. The first-order chi connectivity index (χ1) is 12.7. The predicted octanol–water partition coefficient (Wildman–Crippen LogP) is 4.82. The van der Waals surface area contributed by atoms with Crippen LogP contribution in [0.15, 0.2) is 36.4 Å². The molecule has 0 saturated carbocycles. The van der Waals surface area contributed by atoms with E-state index in [1.165, 1.54) is 24.3 Å². The summed E-state index contributed by atoms with van der Waals surface area (Å²) < 4.78 is 32.5. The molecular weight excluding hydrogens is 380 g/mol. The van der Waals surface area contributed by atoms with Gasteiger partial charge in [0.2, 0.25) is 0 Å². The van der Waals surface area contributed by atoms with Gasteiger partial charge in [0.25, 0.3) is 0 Å². The second-order valence-electron chi connectivity index (χ2n) is 6.51. The molecule has 1 fully saturated rings. The molecule has 142 valence electrons. The third-order valence-electron chi connectivity index (χ3n) is 4.06. The molecule has 0 aromatic heterocycles. The van der Waals surface area contributed by atoms with E-state index in [4.69, 9.17) is 16.3 Å². The average molecular weight is 396 g/mol. The first-order valence-corrected chi connectivity index (χ1v) is 8.35. The normalized spacial score (nSPS) is 17.8. The molecule has 27 heavy (non-hydrogen) atoms. The van der Waals surface area contributed by atoms with Crippen molar-refractivity contribution in [2.45, 2.75) is 25.5 Å². The maximum Gasteiger partial charge on any atom is 0.408 e. The van der Waals surface area contributed by atoms with Gasteiger partial charge >= 0.3 is 12.1 Å². The number of hydrogen-bond acceptors (Lipinski definition) is 3. The first-order valence-electron chi connectivity index (χ1n) is 7.98. The van der Waals surface area contributed by atoms with Gasteiger partial charge in [0.05, 0.1) is 16.8 Å². The van der Waals surface area contributed by atoms with Crippen molar-refractivity contribution in [3.8, 4) is 0 Å². The average Bonchev–Trinajstić information content (AvgIpc) is 2.84. The van der Waals surface area contributed by atoms with E-state index in [0.29, 0.717) is 5.69 Å². The standard InChI is InChI=1S/C18H16ClF2N3O3/c1-18(2)15(24-17(26)27-18)11-8-10(4-5-13(11)21)22-16(25)23-14-6-3-9(20)7-12(14)19/h3-8,15H,1-2H3,(H,24,26)(H2,22,23,25). The summed E-state index contributed by atoms with van der Waals surface area (Å²) in [5.74, 6) is -1.08. The second-order valence-corrected chi connectivity index (χ2v) is 6.92. The number of benzene rings is 2. The fraction of sp³-hybridized carbons (Fsp3) is 0.222. The lowest BCUT2D eigenvalue weighted by Gasteiger charge is -2.24. The van der Waals surface area contributed by atoms with Gasteiger partial charge in [-0.1, -0.05) is 11.6 Å². The number of amides is 3. The summed E-state index contributed by atoms with van der Waals surface area (Å²) in [5.41, 5.74) is -0.279. The van der Waals surface area contributed by atoms with E-state index < -0.39 is 35.4 Å². The number of carbonyl (C=O) groups is 2. The molecule has 3 amide bonds. The third-order valence-corrected chi connectivity index (χ3v) is 4.37. The van der Waals surface area contributed by atoms with Crippen LogP contribution in [0.3, 0.4) is 0 Å². The SMILES string of the molecule is CC1(C)OC(=O)NC1c1cc(NC(=O)Nc2ccc(F)cc2Cl)ccc1F. The van der Waals surface area contributed by atoms with Gasteiger partial charge in [0.1, 0.15) is 17.2 Å². The summed E-state index contributed by atoms with van der Waals surface area (Å²) >= 11 is 5.87. The van der Waals surface area contributed by atoms with Gasteiger partial charge in [-0.05, 0) is 50.2 Å². The number of anilines is 2. The molecule has 6 nitrogen and oxygen atoms in total. The van der Waals surface area contributed by atoms with E-state index in [2.05, 4.69) is 16.0 Å². The molecule has 0 radical (unpaired) electrons. The number of nitrogens with one attached hydrogen (secondary N) is 3. The van der Waals surface area contributed by atoms with Crippen molar-refractivity contribution in [1.29, 1.82) is 0 Å². The van der Waals surface area contributed by atoms with Gasteiger partial charge in [-0.3, -0.25) is 0 Å². The van der Waals surface area contributed by atoms with Crippen LogP contribution < -0.4 is 16.0 Å². The zero-order valence-electron chi connectivity index (χ0n) is 14.4. The van der Waals surface area contributed by atoms with Gasteiger partial charge in [0.15, 0.2) is 0 Å². The summed E-state index contributed by atoms with van der Waals surface area (Å²) in [6.07, 6.45) is -0.647. The Morgan fingerprint density at radius 1 is 1.19 bits per heavy atom. The minimum Gasteiger partial charge on any atom is -0.441 e. The lowest BCUT2D eigenvalue weighted by molar-refractivity contribution is 0.0677. The Balaban J connectivity index is 1.78. The molecule has 1 saturated heterocycles. The van der Waals surface area contributed by atoms with Gasteiger partial charge in [0, 0.05) is 11.3 Å². The van der Waals surface area contributed by atoms with Crippen LogP contribution in [-0.2, 0) is 4.74 Å². The molecule has 1 unspecified atom stereocenters. The first kappa shape index (κ1) is 18.9. The van der Waals surface area contributed by atoms with Crippen LogP contribution in [0.4, 0.5) is 29.7 Å². The van der Waals surface area contributed by atoms with Crippen LogP contribution in [0.5, 0.6) is 0 Å². The second kappa shape index (κ2) is 7.03. The highest BCUT2D eigenvalue weighted by Gasteiger charge is 2.43. The summed E-state index contributed by atoms with van der Waals surface area (Å²) in [5, 5.41) is 7.61. The van der Waals surface area contributed by atoms with Crippen LogP contribution in [0.2, 0.25) is 5.02 Å². The molecule has 2 aromatic carbocycles. The zero-order valence-corrected chi connectivity index (χ0v) is 15.2. The minimum atomic E-state index is -0.958. The third kappa shape index (κ3) is 4.11. The largest absolute Gasteiger partial charge is 0.441 e. The molecule has 9 heteroatoms. The van der Waals surface area contributed by atoms with Crippen molar-refractivity contribution >= 4 is 35.1 Å². The highest BCUT2D eigenvalue weighted by Crippen LogP contribution is 2.36. The quantitative estimate of drug-likeness (QED) is 0.697. The molecule has 2 aromatic rings. The molecule has 1 aliphatic rings. The number of alkyl carbamates (subject to hydrolysis) is 1. The van der Waals surface area contributed by atoms with Crippen LogP contribution in [0.1, 0.15) is 25.5 Å². The van der Waals surface area contributed by atoms with Crippen molar-refractivity contribution in [1.82, 2.24) is 5.32 Å². The summed E-state index contributed by atoms with van der Waals surface area (Å²) in [6.45, 7) is 3.30. The molecule has 3 N–H and O–H groups in total. The molecule has 1 heterocycles. The molecule has 0 aliphatic carbocycles. The van der Waals surface area contributed by atoms with E-state index in [1.807, 2.05) is 0 Å². The highest BCUT2D eigenvalue weighted by molar-refractivity contribution is 6.33. The van der Waals surface area contributed by atoms with Gasteiger partial charge < -0.3 is 20.7 Å². The summed E-state index contributed by atoms with van der Waals surface area (Å²) in [7, 11) is 0. The van der Waals surface area contributed by atoms with Gasteiger partial charge in [-0.15, -0.1) is 0 Å². The number of hydrogen-bond donors (Lipinski definition) is 3. The number of cyclic esters (lactones) is 1. The van der Waals surface area contributed by atoms with Crippen LogP contribution in [-0.4, -0.2) is 17.7 Å². The van der Waals surface area contributed by atoms with E-state index in [1.54, 1.807) is 13.8 Å². The van der Waals surface area contributed by atoms with Crippen LogP contribution >= 0.6 is 11.6 Å².